The number of nitrogens with zero attached hydrogens (tertiary/aromatic N) is 1. The molecule has 1 heterocycles. The first-order valence-electron chi connectivity index (χ1n) is 4.79. The van der Waals surface area contributed by atoms with Crippen LogP contribution in [0, 0.1) is 0 Å². The minimum absolute atomic E-state index is 0.298. The van der Waals surface area contributed by atoms with Crippen molar-refractivity contribution >= 4 is 5.97 Å². The molecule has 1 rings (SSSR count). The van der Waals surface area contributed by atoms with Crippen LogP contribution in [0.25, 0.3) is 0 Å². The maximum Gasteiger partial charge on any atom is 0.323 e. The quantitative estimate of drug-likeness (QED) is 0.681. The summed E-state index contributed by atoms with van der Waals surface area (Å²) in [5, 5.41) is 8.93. The van der Waals surface area contributed by atoms with Crippen molar-refractivity contribution in [2.75, 3.05) is 26.3 Å². The van der Waals surface area contributed by atoms with Crippen LogP contribution in [0.5, 0.6) is 0 Å². The van der Waals surface area contributed by atoms with E-state index in [0.29, 0.717) is 26.3 Å². The molecule has 1 unspecified atom stereocenters. The van der Waals surface area contributed by atoms with E-state index in [1.165, 1.54) is 5.57 Å². The number of carbonyl (C=O) groups is 1. The Labute approximate surface area is 84.2 Å². The smallest absolute Gasteiger partial charge is 0.323 e. The standard InChI is InChI=1S/C10H17NO3/c1-8(2)3-4-11-5-6-14-7-9(11)10(12)13/h3,9H,4-7H2,1-2H3,(H,12,13). The number of hydrogen-bond donors (Lipinski definition) is 1. The van der Waals surface area contributed by atoms with Crippen molar-refractivity contribution < 1.29 is 14.6 Å². The van der Waals surface area contributed by atoms with Gasteiger partial charge in [-0.05, 0) is 13.8 Å². The third kappa shape index (κ3) is 3.12. The number of carboxylic acids is 1. The van der Waals surface area contributed by atoms with Gasteiger partial charge in [0, 0.05) is 13.1 Å². The molecule has 0 aromatic carbocycles. The molecule has 0 saturated carbocycles. The van der Waals surface area contributed by atoms with Crippen molar-refractivity contribution in [2.24, 2.45) is 0 Å². The predicted octanol–water partition coefficient (Wildman–Crippen LogP) is 0.738. The Morgan fingerprint density at radius 1 is 1.64 bits per heavy atom. The Bertz CT molecular complexity index is 234. The molecule has 1 aliphatic heterocycles. The third-order valence-electron chi connectivity index (χ3n) is 2.26. The van der Waals surface area contributed by atoms with Crippen LogP contribution in [0.2, 0.25) is 0 Å². The molecule has 0 aromatic heterocycles. The number of carboxylic acid groups (broad SMARTS) is 1. The monoisotopic (exact) mass is 199 g/mol. The zero-order chi connectivity index (χ0) is 10.6. The first kappa shape index (κ1) is 11.2. The van der Waals surface area contributed by atoms with Gasteiger partial charge in [0.15, 0.2) is 0 Å². The summed E-state index contributed by atoms with van der Waals surface area (Å²) in [4.78, 5) is 12.8. The molecule has 1 N–H and O–H groups in total. The second-order valence-corrected chi connectivity index (χ2v) is 3.71. The summed E-state index contributed by atoms with van der Waals surface area (Å²) in [6.07, 6.45) is 2.04. The summed E-state index contributed by atoms with van der Waals surface area (Å²) >= 11 is 0. The van der Waals surface area contributed by atoms with Crippen molar-refractivity contribution in [2.45, 2.75) is 19.9 Å². The second-order valence-electron chi connectivity index (χ2n) is 3.71. The summed E-state index contributed by atoms with van der Waals surface area (Å²) in [7, 11) is 0. The van der Waals surface area contributed by atoms with Crippen LogP contribution in [0.4, 0.5) is 0 Å². The van der Waals surface area contributed by atoms with E-state index in [2.05, 4.69) is 0 Å². The highest BCUT2D eigenvalue weighted by Crippen LogP contribution is 2.07. The maximum absolute atomic E-state index is 10.9. The van der Waals surface area contributed by atoms with Crippen LogP contribution in [0.3, 0.4) is 0 Å². The van der Waals surface area contributed by atoms with Crippen LogP contribution < -0.4 is 0 Å². The number of allylic oxidation sites excluding steroid dienone is 1. The number of ether oxygens (including phenoxy) is 1. The molecular formula is C10H17NO3. The maximum atomic E-state index is 10.9. The van der Waals surface area contributed by atoms with Crippen LogP contribution in [0.15, 0.2) is 11.6 Å². The lowest BCUT2D eigenvalue weighted by atomic mass is 10.2. The summed E-state index contributed by atoms with van der Waals surface area (Å²) in [5.41, 5.74) is 1.21. The Hall–Kier alpha value is -0.870. The molecule has 0 spiro atoms. The molecule has 1 saturated heterocycles. The molecule has 1 fully saturated rings. The van der Waals surface area contributed by atoms with Crippen LogP contribution in [-0.2, 0) is 9.53 Å². The van der Waals surface area contributed by atoms with E-state index < -0.39 is 12.0 Å². The van der Waals surface area contributed by atoms with E-state index in [9.17, 15) is 4.79 Å². The van der Waals surface area contributed by atoms with Crippen molar-refractivity contribution in [3.8, 4) is 0 Å². The van der Waals surface area contributed by atoms with E-state index in [1.54, 1.807) is 0 Å². The summed E-state index contributed by atoms with van der Waals surface area (Å²) < 4.78 is 5.14. The SMILES string of the molecule is CC(C)=CCN1CCOCC1C(=O)O. The fraction of sp³-hybridized carbons (Fsp3) is 0.700. The molecule has 0 aliphatic carbocycles. The fourth-order valence-corrected chi connectivity index (χ4v) is 1.38. The van der Waals surface area contributed by atoms with E-state index in [4.69, 9.17) is 9.84 Å². The summed E-state index contributed by atoms with van der Waals surface area (Å²) in [5.74, 6) is -0.799. The molecular weight excluding hydrogens is 182 g/mol. The van der Waals surface area contributed by atoms with Crippen molar-refractivity contribution in [3.05, 3.63) is 11.6 Å². The van der Waals surface area contributed by atoms with Gasteiger partial charge in [0.2, 0.25) is 0 Å². The van der Waals surface area contributed by atoms with Gasteiger partial charge in [0.25, 0.3) is 0 Å². The van der Waals surface area contributed by atoms with Crippen LogP contribution in [-0.4, -0.2) is 48.3 Å². The molecule has 4 heteroatoms. The molecule has 80 valence electrons. The molecule has 0 amide bonds. The molecule has 4 nitrogen and oxygen atoms in total. The summed E-state index contributed by atoms with van der Waals surface area (Å²) in [6, 6.07) is -0.487. The largest absolute Gasteiger partial charge is 0.480 e. The third-order valence-corrected chi connectivity index (χ3v) is 2.26. The van der Waals surface area contributed by atoms with Gasteiger partial charge in [-0.25, -0.2) is 0 Å². The van der Waals surface area contributed by atoms with E-state index in [1.807, 2.05) is 24.8 Å². The van der Waals surface area contributed by atoms with Gasteiger partial charge in [-0.15, -0.1) is 0 Å². The van der Waals surface area contributed by atoms with Crippen molar-refractivity contribution in [1.29, 1.82) is 0 Å². The normalized spacial score (nSPS) is 23.1. The van der Waals surface area contributed by atoms with Gasteiger partial charge < -0.3 is 9.84 Å². The highest BCUT2D eigenvalue weighted by Gasteiger charge is 2.27. The van der Waals surface area contributed by atoms with Crippen LogP contribution in [0.1, 0.15) is 13.8 Å². The predicted molar refractivity (Wildman–Crippen MR) is 53.2 cm³/mol. The number of hydrogen-bond acceptors (Lipinski definition) is 3. The summed E-state index contributed by atoms with van der Waals surface area (Å²) in [6.45, 7) is 6.34. The Morgan fingerprint density at radius 2 is 2.36 bits per heavy atom. The van der Waals surface area contributed by atoms with E-state index in [-0.39, 0.29) is 0 Å². The molecule has 1 aliphatic rings. The second kappa shape index (κ2) is 5.12. The minimum atomic E-state index is -0.799. The lowest BCUT2D eigenvalue weighted by Crippen LogP contribution is -2.49. The average molecular weight is 199 g/mol. The number of morpholine rings is 1. The van der Waals surface area contributed by atoms with E-state index >= 15 is 0 Å². The molecule has 14 heavy (non-hydrogen) atoms. The van der Waals surface area contributed by atoms with Gasteiger partial charge in [0.1, 0.15) is 6.04 Å². The van der Waals surface area contributed by atoms with Crippen molar-refractivity contribution in [1.82, 2.24) is 4.90 Å². The van der Waals surface area contributed by atoms with Gasteiger partial charge in [0.05, 0.1) is 13.2 Å². The molecule has 0 radical (unpaired) electrons. The van der Waals surface area contributed by atoms with Gasteiger partial charge in [-0.3, -0.25) is 9.69 Å². The lowest BCUT2D eigenvalue weighted by molar-refractivity contribution is -0.149. The lowest BCUT2D eigenvalue weighted by Gasteiger charge is -2.31. The fourth-order valence-electron chi connectivity index (χ4n) is 1.38. The first-order chi connectivity index (χ1) is 6.61. The Kier molecular flexibility index (Phi) is 4.10. The molecule has 0 bridgehead atoms. The molecule has 1 atom stereocenters. The van der Waals surface area contributed by atoms with E-state index in [0.717, 1.165) is 0 Å². The average Bonchev–Trinajstić information content (AvgIpc) is 2.15. The first-order valence-corrected chi connectivity index (χ1v) is 4.79. The Balaban J connectivity index is 2.54. The molecule has 0 aromatic rings. The van der Waals surface area contributed by atoms with Crippen molar-refractivity contribution in [3.63, 3.8) is 0 Å². The minimum Gasteiger partial charge on any atom is -0.480 e. The van der Waals surface area contributed by atoms with Crippen LogP contribution >= 0.6 is 0 Å². The van der Waals surface area contributed by atoms with Gasteiger partial charge in [-0.1, -0.05) is 11.6 Å². The number of aliphatic carboxylic acids is 1. The topological polar surface area (TPSA) is 49.8 Å². The highest BCUT2D eigenvalue weighted by atomic mass is 16.5. The number of rotatable bonds is 3. The van der Waals surface area contributed by atoms with Gasteiger partial charge in [-0.2, -0.15) is 0 Å². The zero-order valence-electron chi connectivity index (χ0n) is 8.69. The Morgan fingerprint density at radius 3 is 2.93 bits per heavy atom. The zero-order valence-corrected chi connectivity index (χ0v) is 8.69. The van der Waals surface area contributed by atoms with Gasteiger partial charge >= 0.3 is 5.97 Å². The highest BCUT2D eigenvalue weighted by molar-refractivity contribution is 5.73.